The van der Waals surface area contributed by atoms with E-state index in [2.05, 4.69) is 10.3 Å². The smallest absolute Gasteiger partial charge is 0.257 e. The SMILES string of the molecule is CN(C1CCN(C(=O)CNC(=O)c2c[nH]c3ccccc3c2=O)CC1)S(C)(=O)=O. The van der Waals surface area contributed by atoms with Crippen molar-refractivity contribution in [3.05, 3.63) is 46.2 Å². The number of carbonyl (C=O) groups is 2. The summed E-state index contributed by atoms with van der Waals surface area (Å²) in [6.45, 7) is 0.600. The summed E-state index contributed by atoms with van der Waals surface area (Å²) in [5.41, 5.74) is 0.186. The van der Waals surface area contributed by atoms with Crippen molar-refractivity contribution in [1.29, 1.82) is 0 Å². The first-order chi connectivity index (χ1) is 13.7. The lowest BCUT2D eigenvalue weighted by atomic mass is 10.1. The van der Waals surface area contributed by atoms with Crippen LogP contribution in [0.5, 0.6) is 0 Å². The highest BCUT2D eigenvalue weighted by atomic mass is 32.2. The first-order valence-corrected chi connectivity index (χ1v) is 11.1. The predicted molar refractivity (Wildman–Crippen MR) is 109 cm³/mol. The molecule has 10 heteroatoms. The van der Waals surface area contributed by atoms with Crippen molar-refractivity contribution in [2.45, 2.75) is 18.9 Å². The molecule has 2 aromatic rings. The van der Waals surface area contributed by atoms with Crippen LogP contribution in [0, 0.1) is 0 Å². The summed E-state index contributed by atoms with van der Waals surface area (Å²) in [4.78, 5) is 41.7. The largest absolute Gasteiger partial charge is 0.360 e. The summed E-state index contributed by atoms with van der Waals surface area (Å²) in [5.74, 6) is -0.881. The van der Waals surface area contributed by atoms with E-state index in [9.17, 15) is 22.8 Å². The first kappa shape index (κ1) is 21.0. The van der Waals surface area contributed by atoms with Crippen LogP contribution in [0.1, 0.15) is 23.2 Å². The van der Waals surface area contributed by atoms with Crippen molar-refractivity contribution < 1.29 is 18.0 Å². The van der Waals surface area contributed by atoms with Crippen molar-refractivity contribution in [2.75, 3.05) is 32.9 Å². The van der Waals surface area contributed by atoms with Crippen LogP contribution in [0.2, 0.25) is 0 Å². The summed E-state index contributed by atoms with van der Waals surface area (Å²) < 4.78 is 24.6. The van der Waals surface area contributed by atoms with Gasteiger partial charge in [-0.1, -0.05) is 12.1 Å². The number of aromatic amines is 1. The maximum absolute atomic E-state index is 12.5. The average molecular weight is 420 g/mol. The van der Waals surface area contributed by atoms with Crippen LogP contribution in [0.15, 0.2) is 35.3 Å². The van der Waals surface area contributed by atoms with Crippen LogP contribution in [0.25, 0.3) is 10.9 Å². The number of H-pyrrole nitrogens is 1. The van der Waals surface area contributed by atoms with Gasteiger partial charge in [0.2, 0.25) is 21.4 Å². The lowest BCUT2D eigenvalue weighted by Gasteiger charge is -2.35. The minimum atomic E-state index is -3.27. The molecular formula is C19H24N4O5S. The van der Waals surface area contributed by atoms with Crippen molar-refractivity contribution in [2.24, 2.45) is 0 Å². The third kappa shape index (κ3) is 4.65. The van der Waals surface area contributed by atoms with Crippen LogP contribution >= 0.6 is 0 Å². The molecule has 1 aromatic heterocycles. The maximum atomic E-state index is 12.5. The molecule has 29 heavy (non-hydrogen) atoms. The number of piperidine rings is 1. The Morgan fingerprint density at radius 3 is 2.55 bits per heavy atom. The second kappa shape index (κ2) is 8.34. The quantitative estimate of drug-likeness (QED) is 0.713. The molecular weight excluding hydrogens is 396 g/mol. The fraction of sp³-hybridized carbons (Fsp3) is 0.421. The van der Waals surface area contributed by atoms with Crippen molar-refractivity contribution in [3.8, 4) is 0 Å². The molecule has 2 heterocycles. The fourth-order valence-corrected chi connectivity index (χ4v) is 4.20. The predicted octanol–water partition coefficient (Wildman–Crippen LogP) is 0.140. The first-order valence-electron chi connectivity index (χ1n) is 9.28. The zero-order chi connectivity index (χ0) is 21.2. The van der Waals surface area contributed by atoms with Crippen molar-refractivity contribution >= 4 is 32.7 Å². The molecule has 1 aromatic carbocycles. The highest BCUT2D eigenvalue weighted by Crippen LogP contribution is 2.17. The summed E-state index contributed by atoms with van der Waals surface area (Å²) in [5, 5.41) is 2.91. The van der Waals surface area contributed by atoms with Gasteiger partial charge in [-0.05, 0) is 25.0 Å². The molecule has 2 N–H and O–H groups in total. The van der Waals surface area contributed by atoms with Gasteiger partial charge in [0.15, 0.2) is 0 Å². The van der Waals surface area contributed by atoms with Gasteiger partial charge in [0.1, 0.15) is 5.56 Å². The van der Waals surface area contributed by atoms with Crippen molar-refractivity contribution in [3.63, 3.8) is 0 Å². The van der Waals surface area contributed by atoms with Gasteiger partial charge in [-0.15, -0.1) is 0 Å². The van der Waals surface area contributed by atoms with Crippen LogP contribution in [-0.4, -0.2) is 73.4 Å². The maximum Gasteiger partial charge on any atom is 0.257 e. The van der Waals surface area contributed by atoms with E-state index in [0.717, 1.165) is 6.26 Å². The van der Waals surface area contributed by atoms with E-state index in [4.69, 9.17) is 0 Å². The number of hydrogen-bond acceptors (Lipinski definition) is 5. The second-order valence-electron chi connectivity index (χ2n) is 7.15. The number of amides is 2. The van der Waals surface area contributed by atoms with E-state index in [0.29, 0.717) is 36.8 Å². The topological polar surface area (TPSA) is 120 Å². The number of aromatic nitrogens is 1. The van der Waals surface area contributed by atoms with Crippen LogP contribution < -0.4 is 10.7 Å². The Kier molecular flexibility index (Phi) is 6.04. The molecule has 1 fully saturated rings. The van der Waals surface area contributed by atoms with E-state index in [1.807, 2.05) is 0 Å². The van der Waals surface area contributed by atoms with Crippen LogP contribution in [0.3, 0.4) is 0 Å². The Bertz CT molecular complexity index is 1090. The minimum absolute atomic E-state index is 0.0509. The van der Waals surface area contributed by atoms with E-state index >= 15 is 0 Å². The fourth-order valence-electron chi connectivity index (χ4n) is 3.45. The number of para-hydroxylation sites is 1. The molecule has 2 amide bonds. The van der Waals surface area contributed by atoms with E-state index in [1.54, 1.807) is 36.2 Å². The normalized spacial score (nSPS) is 15.6. The van der Waals surface area contributed by atoms with Crippen LogP contribution in [0.4, 0.5) is 0 Å². The van der Waals surface area contributed by atoms with Gasteiger partial charge >= 0.3 is 0 Å². The Morgan fingerprint density at radius 2 is 1.90 bits per heavy atom. The molecule has 0 spiro atoms. The van der Waals surface area contributed by atoms with Crippen molar-refractivity contribution in [1.82, 2.24) is 19.5 Å². The number of carbonyl (C=O) groups excluding carboxylic acids is 2. The van der Waals surface area contributed by atoms with E-state index in [-0.39, 0.29) is 24.1 Å². The van der Waals surface area contributed by atoms with Gasteiger partial charge in [0, 0.05) is 43.3 Å². The lowest BCUT2D eigenvalue weighted by Crippen LogP contribution is -2.49. The second-order valence-corrected chi connectivity index (χ2v) is 9.19. The number of hydrogen-bond donors (Lipinski definition) is 2. The van der Waals surface area contributed by atoms with Gasteiger partial charge in [-0.25, -0.2) is 12.7 Å². The zero-order valence-electron chi connectivity index (χ0n) is 16.3. The highest BCUT2D eigenvalue weighted by Gasteiger charge is 2.29. The summed E-state index contributed by atoms with van der Waals surface area (Å²) >= 11 is 0. The number of likely N-dealkylation sites (tertiary alicyclic amines) is 1. The number of rotatable bonds is 5. The molecule has 0 unspecified atom stereocenters. The Hall–Kier alpha value is -2.72. The minimum Gasteiger partial charge on any atom is -0.360 e. The third-order valence-corrected chi connectivity index (χ3v) is 6.63. The van der Waals surface area contributed by atoms with E-state index < -0.39 is 21.4 Å². The molecule has 1 saturated heterocycles. The molecule has 1 aliphatic rings. The lowest BCUT2D eigenvalue weighted by molar-refractivity contribution is -0.131. The standard InChI is InChI=1S/C19H24N4O5S/c1-22(29(2,27)28)13-7-9-23(10-8-13)17(24)12-21-19(26)15-11-20-16-6-4-3-5-14(16)18(15)25/h3-6,11,13H,7-10,12H2,1-2H3,(H,20,25)(H,21,26). The van der Waals surface area contributed by atoms with Gasteiger partial charge in [-0.2, -0.15) is 0 Å². The molecule has 156 valence electrons. The molecule has 0 aliphatic carbocycles. The molecule has 0 radical (unpaired) electrons. The number of sulfonamides is 1. The number of nitrogens with one attached hydrogen (secondary N) is 2. The number of pyridine rings is 1. The summed E-state index contributed by atoms with van der Waals surface area (Å²) in [6, 6.07) is 6.74. The van der Waals surface area contributed by atoms with Gasteiger partial charge in [0.05, 0.1) is 12.8 Å². The summed E-state index contributed by atoms with van der Waals surface area (Å²) in [6.07, 6.45) is 3.58. The third-order valence-electron chi connectivity index (χ3n) is 5.29. The van der Waals surface area contributed by atoms with Gasteiger partial charge < -0.3 is 15.2 Å². The Morgan fingerprint density at radius 1 is 1.24 bits per heavy atom. The molecule has 0 saturated carbocycles. The average Bonchev–Trinajstić information content (AvgIpc) is 2.71. The molecule has 3 rings (SSSR count). The highest BCUT2D eigenvalue weighted by molar-refractivity contribution is 7.88. The monoisotopic (exact) mass is 420 g/mol. The summed E-state index contributed by atoms with van der Waals surface area (Å²) in [7, 11) is -1.73. The molecule has 0 bridgehead atoms. The number of fused-ring (bicyclic) bond motifs is 1. The number of nitrogens with zero attached hydrogens (tertiary/aromatic N) is 2. The molecule has 0 atom stereocenters. The Labute approximate surface area is 168 Å². The molecule has 1 aliphatic heterocycles. The van der Waals surface area contributed by atoms with Gasteiger partial charge in [-0.3, -0.25) is 14.4 Å². The zero-order valence-corrected chi connectivity index (χ0v) is 17.2. The number of benzene rings is 1. The molecule has 9 nitrogen and oxygen atoms in total. The van der Waals surface area contributed by atoms with Gasteiger partial charge in [0.25, 0.3) is 5.91 Å². The van der Waals surface area contributed by atoms with E-state index in [1.165, 1.54) is 10.5 Å². The Balaban J connectivity index is 1.57. The van der Waals surface area contributed by atoms with Crippen LogP contribution in [-0.2, 0) is 14.8 Å².